The van der Waals surface area contributed by atoms with Crippen LogP contribution in [0.4, 0.5) is 21.9 Å². The second-order valence-corrected chi connectivity index (χ2v) is 4.55. The van der Waals surface area contributed by atoms with Gasteiger partial charge in [-0.2, -0.15) is 0 Å². The number of pyridine rings is 2. The van der Waals surface area contributed by atoms with Gasteiger partial charge in [-0.25, -0.2) is 9.78 Å². The highest BCUT2D eigenvalue weighted by molar-refractivity contribution is 6.29. The molecule has 0 saturated carbocycles. The zero-order chi connectivity index (χ0) is 15.4. The number of nitrogen functional groups attached to an aromatic ring is 1. The van der Waals surface area contributed by atoms with Gasteiger partial charge >= 0.3 is 6.03 Å². The first-order valence-electron chi connectivity index (χ1n) is 5.91. The van der Waals surface area contributed by atoms with Gasteiger partial charge in [-0.15, -0.1) is 0 Å². The van der Waals surface area contributed by atoms with Crippen molar-refractivity contribution in [3.63, 3.8) is 0 Å². The zero-order valence-electron chi connectivity index (χ0n) is 11.1. The highest BCUT2D eigenvalue weighted by atomic mass is 35.5. The van der Waals surface area contributed by atoms with Crippen molar-refractivity contribution in [1.29, 1.82) is 0 Å². The summed E-state index contributed by atoms with van der Waals surface area (Å²) in [5.74, 6) is -0.191. The summed E-state index contributed by atoms with van der Waals surface area (Å²) in [5.41, 5.74) is 7.00. The van der Waals surface area contributed by atoms with Crippen molar-refractivity contribution < 1.29 is 9.59 Å². The van der Waals surface area contributed by atoms with Crippen LogP contribution in [-0.4, -0.2) is 21.8 Å². The highest BCUT2D eigenvalue weighted by Crippen LogP contribution is 2.20. The predicted octanol–water partition coefficient (Wildman–Crippen LogP) is 2.56. The number of carbonyl (C=O) groups excluding carboxylic acids is 2. The molecule has 2 heterocycles. The quantitative estimate of drug-likeness (QED) is 0.596. The summed E-state index contributed by atoms with van der Waals surface area (Å²) in [6, 6.07) is 3.95. The summed E-state index contributed by atoms with van der Waals surface area (Å²) in [6.45, 7) is 1.39. The number of rotatable bonds is 3. The van der Waals surface area contributed by atoms with Gasteiger partial charge in [0.25, 0.3) is 0 Å². The molecule has 21 heavy (non-hydrogen) atoms. The van der Waals surface area contributed by atoms with Crippen LogP contribution in [0.25, 0.3) is 0 Å². The fourth-order valence-electron chi connectivity index (χ4n) is 1.53. The number of urea groups is 1. The molecule has 0 aliphatic heterocycles. The molecule has 0 unspecified atom stereocenters. The van der Waals surface area contributed by atoms with E-state index < -0.39 is 6.03 Å². The van der Waals surface area contributed by atoms with Gasteiger partial charge in [-0.3, -0.25) is 9.78 Å². The van der Waals surface area contributed by atoms with Crippen molar-refractivity contribution in [3.05, 3.63) is 41.4 Å². The van der Waals surface area contributed by atoms with Crippen molar-refractivity contribution in [1.82, 2.24) is 9.97 Å². The lowest BCUT2D eigenvalue weighted by Crippen LogP contribution is -2.20. The number of anilines is 3. The average Bonchev–Trinajstić information content (AvgIpc) is 2.43. The first kappa shape index (κ1) is 14.7. The van der Waals surface area contributed by atoms with E-state index in [0.717, 1.165) is 0 Å². The monoisotopic (exact) mass is 305 g/mol. The Labute approximate surface area is 125 Å². The summed E-state index contributed by atoms with van der Waals surface area (Å²) in [5, 5.41) is 5.32. The highest BCUT2D eigenvalue weighted by Gasteiger charge is 2.08. The molecule has 0 radical (unpaired) electrons. The van der Waals surface area contributed by atoms with Crippen LogP contribution in [0.1, 0.15) is 17.4 Å². The molecule has 0 atom stereocenters. The Balaban J connectivity index is 2.10. The van der Waals surface area contributed by atoms with E-state index in [1.165, 1.54) is 31.5 Å². The Kier molecular flexibility index (Phi) is 4.34. The number of aromatic nitrogens is 2. The Bertz CT molecular complexity index is 705. The fraction of sp³-hybridized carbons (Fsp3) is 0.0769. The standard InChI is InChI=1S/C13H12ClN5O2/c1-7(20)10-4-8(2-3-16-10)18-13(21)19-11-5-12(14)17-6-9(11)15/h2-6H,15H2,1H3,(H2,16,17,18,19,21). The van der Waals surface area contributed by atoms with Gasteiger partial charge < -0.3 is 16.4 Å². The minimum atomic E-state index is -0.523. The molecule has 0 aliphatic rings. The number of nitrogens with one attached hydrogen (secondary N) is 2. The molecule has 7 nitrogen and oxygen atoms in total. The minimum Gasteiger partial charge on any atom is -0.396 e. The smallest absolute Gasteiger partial charge is 0.323 e. The van der Waals surface area contributed by atoms with Crippen LogP contribution in [0.5, 0.6) is 0 Å². The molecule has 2 aromatic rings. The van der Waals surface area contributed by atoms with Crippen molar-refractivity contribution in [3.8, 4) is 0 Å². The summed E-state index contributed by atoms with van der Waals surface area (Å²) in [7, 11) is 0. The summed E-state index contributed by atoms with van der Waals surface area (Å²) < 4.78 is 0. The van der Waals surface area contributed by atoms with E-state index >= 15 is 0 Å². The molecule has 108 valence electrons. The molecule has 8 heteroatoms. The van der Waals surface area contributed by atoms with Crippen molar-refractivity contribution in [2.24, 2.45) is 0 Å². The normalized spacial score (nSPS) is 10.0. The summed E-state index contributed by atoms with van der Waals surface area (Å²) in [6.07, 6.45) is 2.78. The molecular weight excluding hydrogens is 294 g/mol. The van der Waals surface area contributed by atoms with Crippen molar-refractivity contribution in [2.75, 3.05) is 16.4 Å². The van der Waals surface area contributed by atoms with Gasteiger partial charge in [0.15, 0.2) is 5.78 Å². The molecule has 0 bridgehead atoms. The molecule has 0 saturated heterocycles. The molecule has 0 spiro atoms. The SMILES string of the molecule is CC(=O)c1cc(NC(=O)Nc2cc(Cl)ncc2N)ccn1. The number of hydrogen-bond acceptors (Lipinski definition) is 5. The van der Waals surface area contributed by atoms with Crippen molar-refractivity contribution >= 4 is 40.5 Å². The molecule has 0 aliphatic carbocycles. The maximum absolute atomic E-state index is 11.9. The Hall–Kier alpha value is -2.67. The zero-order valence-corrected chi connectivity index (χ0v) is 11.8. The van der Waals surface area contributed by atoms with Crippen LogP contribution >= 0.6 is 11.6 Å². The summed E-state index contributed by atoms with van der Waals surface area (Å²) >= 11 is 5.73. The molecular formula is C13H12ClN5O2. The first-order valence-corrected chi connectivity index (χ1v) is 6.29. The third-order valence-electron chi connectivity index (χ3n) is 2.53. The van der Waals surface area contributed by atoms with E-state index in [1.54, 1.807) is 6.07 Å². The summed E-state index contributed by atoms with van der Waals surface area (Å²) in [4.78, 5) is 30.8. The number of hydrogen-bond donors (Lipinski definition) is 3. The number of nitrogens with two attached hydrogens (primary N) is 1. The maximum atomic E-state index is 11.9. The van der Waals surface area contributed by atoms with Crippen LogP contribution in [0.15, 0.2) is 30.6 Å². The minimum absolute atomic E-state index is 0.191. The lowest BCUT2D eigenvalue weighted by atomic mass is 10.2. The lowest BCUT2D eigenvalue weighted by molar-refractivity contribution is 0.101. The van der Waals surface area contributed by atoms with Gasteiger partial charge in [-0.05, 0) is 12.1 Å². The van der Waals surface area contributed by atoms with Crippen LogP contribution in [0.3, 0.4) is 0 Å². The average molecular weight is 306 g/mol. The van der Waals surface area contributed by atoms with E-state index in [4.69, 9.17) is 17.3 Å². The number of halogens is 1. The van der Waals surface area contributed by atoms with E-state index in [9.17, 15) is 9.59 Å². The van der Waals surface area contributed by atoms with Gasteiger partial charge in [0.2, 0.25) is 0 Å². The molecule has 4 N–H and O–H groups in total. The lowest BCUT2D eigenvalue weighted by Gasteiger charge is -2.10. The predicted molar refractivity (Wildman–Crippen MR) is 80.5 cm³/mol. The Morgan fingerprint density at radius 1 is 1.24 bits per heavy atom. The molecule has 2 amide bonds. The second-order valence-electron chi connectivity index (χ2n) is 4.16. The van der Waals surface area contributed by atoms with Crippen LogP contribution in [0, 0.1) is 0 Å². The number of nitrogens with zero attached hydrogens (tertiary/aromatic N) is 2. The third-order valence-corrected chi connectivity index (χ3v) is 2.73. The van der Waals surface area contributed by atoms with Gasteiger partial charge in [0.05, 0.1) is 17.6 Å². The van der Waals surface area contributed by atoms with Gasteiger partial charge in [0, 0.05) is 24.9 Å². The van der Waals surface area contributed by atoms with Crippen LogP contribution < -0.4 is 16.4 Å². The van der Waals surface area contributed by atoms with E-state index in [-0.39, 0.29) is 22.3 Å². The second kappa shape index (κ2) is 6.19. The number of carbonyl (C=O) groups is 2. The number of Topliss-reactive ketones (excluding diaryl/α,β-unsaturated/α-hetero) is 1. The third kappa shape index (κ3) is 3.90. The Morgan fingerprint density at radius 3 is 2.71 bits per heavy atom. The number of amides is 2. The number of ketones is 1. The largest absolute Gasteiger partial charge is 0.396 e. The maximum Gasteiger partial charge on any atom is 0.323 e. The fourth-order valence-corrected chi connectivity index (χ4v) is 1.69. The van der Waals surface area contributed by atoms with Crippen molar-refractivity contribution in [2.45, 2.75) is 6.92 Å². The van der Waals surface area contributed by atoms with Gasteiger partial charge in [-0.1, -0.05) is 11.6 Å². The van der Waals surface area contributed by atoms with E-state index in [0.29, 0.717) is 11.4 Å². The van der Waals surface area contributed by atoms with E-state index in [2.05, 4.69) is 20.6 Å². The van der Waals surface area contributed by atoms with E-state index in [1.807, 2.05) is 0 Å². The molecule has 0 fully saturated rings. The van der Waals surface area contributed by atoms with Crippen LogP contribution in [-0.2, 0) is 0 Å². The molecule has 2 rings (SSSR count). The topological polar surface area (TPSA) is 110 Å². The van der Waals surface area contributed by atoms with Crippen LogP contribution in [0.2, 0.25) is 5.15 Å². The Morgan fingerprint density at radius 2 is 2.00 bits per heavy atom. The first-order chi connectivity index (χ1) is 9.95. The molecule has 2 aromatic heterocycles. The molecule has 0 aromatic carbocycles. The van der Waals surface area contributed by atoms with Gasteiger partial charge in [0.1, 0.15) is 10.8 Å².